The molecule has 33 heavy (non-hydrogen) atoms. The number of para-hydroxylation sites is 2. The predicted molar refractivity (Wildman–Crippen MR) is 125 cm³/mol. The molecule has 1 N–H and O–H groups in total. The minimum atomic E-state index is -0.446. The number of esters is 1. The molecule has 0 radical (unpaired) electrons. The number of imidazole rings is 1. The molecule has 0 fully saturated rings. The van der Waals surface area contributed by atoms with Gasteiger partial charge >= 0.3 is 5.97 Å². The summed E-state index contributed by atoms with van der Waals surface area (Å²) in [7, 11) is 0. The Labute approximate surface area is 197 Å². The van der Waals surface area contributed by atoms with Gasteiger partial charge in [-0.25, -0.2) is 24.3 Å². The highest BCUT2D eigenvalue weighted by atomic mass is 35.5. The van der Waals surface area contributed by atoms with E-state index in [2.05, 4.69) is 25.3 Å². The van der Waals surface area contributed by atoms with Crippen LogP contribution in [0.1, 0.15) is 17.3 Å². The Morgan fingerprint density at radius 1 is 1.09 bits per heavy atom. The minimum absolute atomic E-state index is 0.0688. The Morgan fingerprint density at radius 2 is 1.88 bits per heavy atom. The zero-order chi connectivity index (χ0) is 22.9. The largest absolute Gasteiger partial charge is 0.462 e. The summed E-state index contributed by atoms with van der Waals surface area (Å²) in [6, 6.07) is 14.7. The molecule has 0 aliphatic rings. The molecule has 5 rings (SSSR count). The molecular formula is C22H15Cl2N7O2. The van der Waals surface area contributed by atoms with Crippen LogP contribution >= 0.6 is 23.2 Å². The van der Waals surface area contributed by atoms with Crippen molar-refractivity contribution in [3.05, 3.63) is 70.6 Å². The average Bonchev–Trinajstić information content (AvgIpc) is 3.36. The van der Waals surface area contributed by atoms with Gasteiger partial charge in [-0.2, -0.15) is 0 Å². The molecule has 0 saturated carbocycles. The molecule has 0 aliphatic carbocycles. The van der Waals surface area contributed by atoms with E-state index in [0.717, 1.165) is 11.0 Å². The number of carbonyl (C=O) groups excluding carboxylic acids is 1. The van der Waals surface area contributed by atoms with Crippen molar-refractivity contribution in [1.82, 2.24) is 24.6 Å². The SMILES string of the molecule is CCOC(=O)c1ccccc1-c1[nH]n2c(nc3ccccc32)c1N=Nc1ncnc(Cl)c1Cl. The molecule has 2 aromatic carbocycles. The molecule has 0 amide bonds. The van der Waals surface area contributed by atoms with Gasteiger partial charge in [-0.1, -0.05) is 53.5 Å². The number of nitrogens with one attached hydrogen (secondary N) is 1. The summed E-state index contributed by atoms with van der Waals surface area (Å²) in [5, 5.41) is 12.1. The first kappa shape index (κ1) is 21.0. The van der Waals surface area contributed by atoms with Crippen LogP contribution in [-0.2, 0) is 4.74 Å². The molecule has 0 atom stereocenters. The van der Waals surface area contributed by atoms with E-state index in [4.69, 9.17) is 32.9 Å². The van der Waals surface area contributed by atoms with Gasteiger partial charge in [0.1, 0.15) is 11.3 Å². The van der Waals surface area contributed by atoms with Crippen molar-refractivity contribution in [3.63, 3.8) is 0 Å². The zero-order valence-corrected chi connectivity index (χ0v) is 18.7. The molecule has 3 aromatic heterocycles. The maximum absolute atomic E-state index is 12.6. The molecule has 164 valence electrons. The summed E-state index contributed by atoms with van der Waals surface area (Å²) in [5.41, 5.74) is 4.03. The molecule has 0 spiro atoms. The summed E-state index contributed by atoms with van der Waals surface area (Å²) in [5.74, 6) is -0.338. The molecule has 3 heterocycles. The monoisotopic (exact) mass is 479 g/mol. The van der Waals surface area contributed by atoms with Crippen LogP contribution in [0.2, 0.25) is 10.2 Å². The van der Waals surface area contributed by atoms with E-state index in [0.29, 0.717) is 28.2 Å². The Kier molecular flexibility index (Phi) is 5.49. The Hall–Kier alpha value is -3.82. The van der Waals surface area contributed by atoms with Crippen LogP contribution in [0, 0.1) is 0 Å². The van der Waals surface area contributed by atoms with Crippen LogP contribution in [0.4, 0.5) is 11.5 Å². The fourth-order valence-corrected chi connectivity index (χ4v) is 3.72. The van der Waals surface area contributed by atoms with E-state index in [1.54, 1.807) is 29.6 Å². The predicted octanol–water partition coefficient (Wildman–Crippen LogP) is 6.17. The van der Waals surface area contributed by atoms with Crippen LogP contribution in [-0.4, -0.2) is 37.1 Å². The quantitative estimate of drug-likeness (QED) is 0.184. The summed E-state index contributed by atoms with van der Waals surface area (Å²) >= 11 is 12.2. The second-order valence-electron chi connectivity index (χ2n) is 6.86. The van der Waals surface area contributed by atoms with Crippen molar-refractivity contribution in [2.75, 3.05) is 6.61 Å². The minimum Gasteiger partial charge on any atom is -0.462 e. The lowest BCUT2D eigenvalue weighted by molar-refractivity contribution is 0.0527. The Bertz CT molecular complexity index is 1540. The third-order valence-corrected chi connectivity index (χ3v) is 5.63. The summed E-state index contributed by atoms with van der Waals surface area (Å²) < 4.78 is 7.02. The highest BCUT2D eigenvalue weighted by Crippen LogP contribution is 2.38. The van der Waals surface area contributed by atoms with Crippen molar-refractivity contribution in [3.8, 4) is 11.3 Å². The number of azo groups is 1. The molecule has 9 nitrogen and oxygen atoms in total. The number of halogens is 2. The number of ether oxygens (including phenoxy) is 1. The second kappa shape index (κ2) is 8.61. The van der Waals surface area contributed by atoms with E-state index < -0.39 is 5.97 Å². The lowest BCUT2D eigenvalue weighted by Gasteiger charge is -2.08. The van der Waals surface area contributed by atoms with Gasteiger partial charge in [0.15, 0.2) is 22.3 Å². The van der Waals surface area contributed by atoms with E-state index in [1.807, 2.05) is 30.3 Å². The molecule has 11 heteroatoms. The van der Waals surface area contributed by atoms with Gasteiger partial charge in [0.05, 0.1) is 28.9 Å². The zero-order valence-electron chi connectivity index (χ0n) is 17.2. The number of aromatic nitrogens is 5. The summed E-state index contributed by atoms with van der Waals surface area (Å²) in [6.07, 6.45) is 1.25. The standard InChI is InChI=1S/C22H15Cl2N7O2/c1-2-33-22(32)13-8-4-3-7-12(13)17-18(28-29-20-16(23)19(24)25-11-26-20)21-27-14-9-5-6-10-15(14)31(21)30-17/h3-11,30H,2H2,1H3. The van der Waals surface area contributed by atoms with E-state index in [9.17, 15) is 4.79 Å². The fourth-order valence-electron chi connectivity index (χ4n) is 3.45. The first-order valence-corrected chi connectivity index (χ1v) is 10.7. The van der Waals surface area contributed by atoms with Crippen LogP contribution in [0.15, 0.2) is 65.1 Å². The van der Waals surface area contributed by atoms with Gasteiger partial charge in [0, 0.05) is 5.56 Å². The van der Waals surface area contributed by atoms with Crippen molar-refractivity contribution < 1.29 is 9.53 Å². The fraction of sp³-hybridized carbons (Fsp3) is 0.0909. The molecular weight excluding hydrogens is 465 g/mol. The maximum Gasteiger partial charge on any atom is 0.338 e. The van der Waals surface area contributed by atoms with Gasteiger partial charge in [0.2, 0.25) is 0 Å². The summed E-state index contributed by atoms with van der Waals surface area (Å²) in [4.78, 5) is 25.2. The lowest BCUT2D eigenvalue weighted by Crippen LogP contribution is -2.06. The first-order chi connectivity index (χ1) is 16.1. The van der Waals surface area contributed by atoms with Gasteiger partial charge in [-0.15, -0.1) is 10.2 Å². The van der Waals surface area contributed by atoms with Crippen LogP contribution in [0.3, 0.4) is 0 Å². The number of rotatable bonds is 5. The number of aromatic amines is 1. The number of benzene rings is 2. The molecule has 0 aliphatic heterocycles. The molecule has 0 unspecified atom stereocenters. The highest BCUT2D eigenvalue weighted by Gasteiger charge is 2.22. The smallest absolute Gasteiger partial charge is 0.338 e. The topological polar surface area (TPSA) is 110 Å². The van der Waals surface area contributed by atoms with Crippen molar-refractivity contribution in [2.45, 2.75) is 6.92 Å². The number of carbonyl (C=O) groups is 1. The summed E-state index contributed by atoms with van der Waals surface area (Å²) in [6.45, 7) is 2.01. The van der Waals surface area contributed by atoms with Crippen molar-refractivity contribution >= 4 is 57.4 Å². The first-order valence-electron chi connectivity index (χ1n) is 9.92. The molecule has 0 saturated heterocycles. The second-order valence-corrected chi connectivity index (χ2v) is 7.60. The number of hydrogen-bond acceptors (Lipinski definition) is 7. The lowest BCUT2D eigenvalue weighted by atomic mass is 10.0. The maximum atomic E-state index is 12.6. The number of H-pyrrole nitrogens is 1. The van der Waals surface area contributed by atoms with Crippen LogP contribution < -0.4 is 0 Å². The third-order valence-electron chi connectivity index (χ3n) is 4.90. The van der Waals surface area contributed by atoms with Crippen LogP contribution in [0.5, 0.6) is 0 Å². The van der Waals surface area contributed by atoms with E-state index >= 15 is 0 Å². The number of nitrogens with zero attached hydrogens (tertiary/aromatic N) is 6. The molecule has 0 bridgehead atoms. The van der Waals surface area contributed by atoms with Crippen molar-refractivity contribution in [1.29, 1.82) is 0 Å². The van der Waals surface area contributed by atoms with Gasteiger partial charge in [0.25, 0.3) is 0 Å². The third kappa shape index (κ3) is 3.71. The molecule has 5 aromatic rings. The van der Waals surface area contributed by atoms with Crippen LogP contribution in [0.25, 0.3) is 27.9 Å². The van der Waals surface area contributed by atoms with Gasteiger partial charge < -0.3 is 4.74 Å². The van der Waals surface area contributed by atoms with E-state index in [1.165, 1.54) is 6.33 Å². The van der Waals surface area contributed by atoms with Gasteiger partial charge in [-0.3, -0.25) is 5.10 Å². The van der Waals surface area contributed by atoms with E-state index in [-0.39, 0.29) is 22.6 Å². The normalized spacial score (nSPS) is 11.6. The Morgan fingerprint density at radius 3 is 2.73 bits per heavy atom. The Balaban J connectivity index is 1.75. The number of fused-ring (bicyclic) bond motifs is 3. The van der Waals surface area contributed by atoms with Crippen molar-refractivity contribution in [2.24, 2.45) is 10.2 Å². The highest BCUT2D eigenvalue weighted by molar-refractivity contribution is 6.42. The number of hydrogen-bond donors (Lipinski definition) is 1. The average molecular weight is 480 g/mol. The van der Waals surface area contributed by atoms with Gasteiger partial charge in [-0.05, 0) is 25.1 Å².